The van der Waals surface area contributed by atoms with Crippen molar-refractivity contribution < 1.29 is 9.84 Å². The normalized spacial score (nSPS) is 14.6. The molecule has 0 saturated carbocycles. The number of aryl methyl sites for hydroxylation is 2. The standard InChI is InChI=1S/C21H30N4O2S.HI/c1-4-22-21(23-13-18(26)15-8-7-9-16(12-15)27-3)25(2)14-20-24-17-10-5-6-11-19(17)28-20;/h7-9,12,18,26H,4-6,10-11,13-14H2,1-3H3,(H,22,23);1H. The number of ether oxygens (including phenoxy) is 1. The summed E-state index contributed by atoms with van der Waals surface area (Å²) in [5, 5.41) is 15.0. The lowest BCUT2D eigenvalue weighted by Gasteiger charge is -2.21. The fourth-order valence-corrected chi connectivity index (χ4v) is 4.56. The molecular formula is C21H31IN4O2S. The van der Waals surface area contributed by atoms with E-state index in [1.165, 1.54) is 23.4 Å². The van der Waals surface area contributed by atoms with Crippen molar-refractivity contribution in [3.63, 3.8) is 0 Å². The Labute approximate surface area is 194 Å². The second-order valence-electron chi connectivity index (χ2n) is 7.03. The van der Waals surface area contributed by atoms with Crippen LogP contribution in [-0.4, -0.2) is 48.2 Å². The summed E-state index contributed by atoms with van der Waals surface area (Å²) < 4.78 is 5.23. The highest BCUT2D eigenvalue weighted by atomic mass is 127. The number of thiazole rings is 1. The Balaban J connectivity index is 0.00000300. The number of nitrogens with zero attached hydrogens (tertiary/aromatic N) is 3. The van der Waals surface area contributed by atoms with Gasteiger partial charge >= 0.3 is 0 Å². The molecule has 1 unspecified atom stereocenters. The second-order valence-corrected chi connectivity index (χ2v) is 8.20. The average Bonchev–Trinajstić information content (AvgIpc) is 3.13. The number of rotatable bonds is 7. The van der Waals surface area contributed by atoms with Gasteiger partial charge < -0.3 is 20.1 Å². The predicted octanol–water partition coefficient (Wildman–Crippen LogP) is 3.78. The van der Waals surface area contributed by atoms with Gasteiger partial charge in [-0.1, -0.05) is 12.1 Å². The Hall–Kier alpha value is -1.39. The van der Waals surface area contributed by atoms with E-state index in [0.717, 1.165) is 48.2 Å². The van der Waals surface area contributed by atoms with Crippen molar-refractivity contribution in [3.8, 4) is 5.75 Å². The van der Waals surface area contributed by atoms with Crippen LogP contribution < -0.4 is 10.1 Å². The summed E-state index contributed by atoms with van der Waals surface area (Å²) in [7, 11) is 3.64. The maximum atomic E-state index is 10.5. The number of methoxy groups -OCH3 is 1. The SMILES string of the molecule is CCNC(=NCC(O)c1cccc(OC)c1)N(C)Cc1nc2c(s1)CCCC2.I. The molecule has 1 atom stereocenters. The Morgan fingerprint density at radius 1 is 1.38 bits per heavy atom. The number of guanidine groups is 1. The van der Waals surface area contributed by atoms with E-state index in [2.05, 4.69) is 15.2 Å². The monoisotopic (exact) mass is 530 g/mol. The van der Waals surface area contributed by atoms with Crippen LogP contribution in [0.4, 0.5) is 0 Å². The molecule has 0 aliphatic heterocycles. The van der Waals surface area contributed by atoms with Gasteiger partial charge in [-0.15, -0.1) is 35.3 Å². The maximum absolute atomic E-state index is 10.5. The summed E-state index contributed by atoms with van der Waals surface area (Å²) in [6.45, 7) is 3.82. The van der Waals surface area contributed by atoms with Crippen LogP contribution in [0.5, 0.6) is 5.75 Å². The van der Waals surface area contributed by atoms with E-state index in [9.17, 15) is 5.11 Å². The van der Waals surface area contributed by atoms with Crippen LogP contribution in [0.25, 0.3) is 0 Å². The largest absolute Gasteiger partial charge is 0.497 e. The zero-order valence-corrected chi connectivity index (χ0v) is 20.5. The molecule has 0 spiro atoms. The van der Waals surface area contributed by atoms with Crippen LogP contribution in [0.3, 0.4) is 0 Å². The first-order chi connectivity index (χ1) is 13.6. The van der Waals surface area contributed by atoms with Gasteiger partial charge in [-0.3, -0.25) is 4.99 Å². The molecule has 2 N–H and O–H groups in total. The van der Waals surface area contributed by atoms with Crippen molar-refractivity contribution in [2.45, 2.75) is 45.3 Å². The van der Waals surface area contributed by atoms with E-state index in [0.29, 0.717) is 0 Å². The van der Waals surface area contributed by atoms with Crippen LogP contribution >= 0.6 is 35.3 Å². The Morgan fingerprint density at radius 2 is 2.17 bits per heavy atom. The molecule has 1 heterocycles. The molecule has 160 valence electrons. The third-order valence-corrected chi connectivity index (χ3v) is 5.99. The van der Waals surface area contributed by atoms with Gasteiger partial charge in [0, 0.05) is 18.5 Å². The minimum absolute atomic E-state index is 0. The van der Waals surface area contributed by atoms with Gasteiger partial charge in [0.25, 0.3) is 0 Å². The van der Waals surface area contributed by atoms with Gasteiger partial charge in [0.05, 0.1) is 32.0 Å². The number of halogens is 1. The Kier molecular flexibility index (Phi) is 9.64. The predicted molar refractivity (Wildman–Crippen MR) is 130 cm³/mol. The molecule has 1 aromatic heterocycles. The first-order valence-electron chi connectivity index (χ1n) is 9.89. The molecule has 1 aliphatic rings. The lowest BCUT2D eigenvalue weighted by atomic mass is 10.0. The number of benzene rings is 1. The minimum Gasteiger partial charge on any atom is -0.497 e. The topological polar surface area (TPSA) is 70.0 Å². The van der Waals surface area contributed by atoms with Crippen LogP contribution in [0.15, 0.2) is 29.3 Å². The third kappa shape index (κ3) is 6.55. The molecular weight excluding hydrogens is 499 g/mol. The molecule has 6 nitrogen and oxygen atoms in total. The highest BCUT2D eigenvalue weighted by molar-refractivity contribution is 14.0. The van der Waals surface area contributed by atoms with Crippen LogP contribution in [0, 0.1) is 0 Å². The molecule has 0 fully saturated rings. The molecule has 0 amide bonds. The number of aliphatic hydroxyl groups is 1. The summed E-state index contributed by atoms with van der Waals surface area (Å²) in [6, 6.07) is 7.48. The van der Waals surface area contributed by atoms with E-state index in [-0.39, 0.29) is 30.5 Å². The fourth-order valence-electron chi connectivity index (χ4n) is 3.35. The smallest absolute Gasteiger partial charge is 0.194 e. The van der Waals surface area contributed by atoms with Crippen LogP contribution in [0.1, 0.15) is 47.0 Å². The number of aliphatic hydroxyl groups excluding tert-OH is 1. The molecule has 3 rings (SSSR count). The molecule has 1 aromatic carbocycles. The van der Waals surface area contributed by atoms with E-state index in [1.807, 2.05) is 49.6 Å². The summed E-state index contributed by atoms with van der Waals surface area (Å²) in [5.41, 5.74) is 2.09. The first kappa shape index (κ1) is 23.9. The van der Waals surface area contributed by atoms with E-state index >= 15 is 0 Å². The van der Waals surface area contributed by atoms with Crippen LogP contribution in [-0.2, 0) is 19.4 Å². The van der Waals surface area contributed by atoms with Crippen molar-refractivity contribution in [1.82, 2.24) is 15.2 Å². The third-order valence-electron chi connectivity index (χ3n) is 4.85. The van der Waals surface area contributed by atoms with Gasteiger partial charge in [0.1, 0.15) is 10.8 Å². The van der Waals surface area contributed by atoms with Gasteiger partial charge in [0.15, 0.2) is 5.96 Å². The molecule has 8 heteroatoms. The molecule has 1 aliphatic carbocycles. The summed E-state index contributed by atoms with van der Waals surface area (Å²) in [6.07, 6.45) is 4.12. The zero-order valence-electron chi connectivity index (χ0n) is 17.4. The second kappa shape index (κ2) is 11.7. The van der Waals surface area contributed by atoms with Gasteiger partial charge in [-0.2, -0.15) is 0 Å². The van der Waals surface area contributed by atoms with Gasteiger partial charge in [0.2, 0.25) is 0 Å². The quantitative estimate of drug-likeness (QED) is 0.324. The molecule has 0 saturated heterocycles. The van der Waals surface area contributed by atoms with Crippen molar-refractivity contribution in [2.75, 3.05) is 27.2 Å². The number of hydrogen-bond donors (Lipinski definition) is 2. The van der Waals surface area contributed by atoms with Crippen molar-refractivity contribution in [2.24, 2.45) is 4.99 Å². The average molecular weight is 530 g/mol. The first-order valence-corrected chi connectivity index (χ1v) is 10.7. The highest BCUT2D eigenvalue weighted by Gasteiger charge is 2.17. The lowest BCUT2D eigenvalue weighted by Crippen LogP contribution is -2.38. The highest BCUT2D eigenvalue weighted by Crippen LogP contribution is 2.27. The van der Waals surface area contributed by atoms with Crippen molar-refractivity contribution >= 4 is 41.3 Å². The molecule has 0 bridgehead atoms. The van der Waals surface area contributed by atoms with Gasteiger partial charge in [-0.25, -0.2) is 4.98 Å². The Morgan fingerprint density at radius 3 is 2.90 bits per heavy atom. The lowest BCUT2D eigenvalue weighted by molar-refractivity contribution is 0.186. The molecule has 29 heavy (non-hydrogen) atoms. The zero-order chi connectivity index (χ0) is 19.9. The number of aliphatic imine (C=N–C) groups is 1. The van der Waals surface area contributed by atoms with E-state index < -0.39 is 6.10 Å². The minimum atomic E-state index is -0.677. The van der Waals surface area contributed by atoms with Crippen LogP contribution in [0.2, 0.25) is 0 Å². The summed E-state index contributed by atoms with van der Waals surface area (Å²) in [4.78, 5) is 13.0. The molecule has 2 aromatic rings. The number of fused-ring (bicyclic) bond motifs is 1. The van der Waals surface area contributed by atoms with E-state index in [4.69, 9.17) is 9.72 Å². The number of hydrogen-bond acceptors (Lipinski definition) is 5. The van der Waals surface area contributed by atoms with Crippen molar-refractivity contribution in [3.05, 3.63) is 45.4 Å². The summed E-state index contributed by atoms with van der Waals surface area (Å²) in [5.74, 6) is 1.51. The molecule has 0 radical (unpaired) electrons. The fraction of sp³-hybridized carbons (Fsp3) is 0.524. The van der Waals surface area contributed by atoms with Crippen molar-refractivity contribution in [1.29, 1.82) is 0 Å². The van der Waals surface area contributed by atoms with Gasteiger partial charge in [-0.05, 0) is 50.3 Å². The van der Waals surface area contributed by atoms with E-state index in [1.54, 1.807) is 7.11 Å². The number of aromatic nitrogens is 1. The Bertz CT molecular complexity index is 788. The number of nitrogens with one attached hydrogen (secondary N) is 1. The maximum Gasteiger partial charge on any atom is 0.194 e. The summed E-state index contributed by atoms with van der Waals surface area (Å²) >= 11 is 1.83.